The Bertz CT molecular complexity index is 2560. The second-order valence-corrected chi connectivity index (χ2v) is 12.4. The smallest absolute Gasteiger partial charge is 0.164 e. The Balaban J connectivity index is 1.01. The molecule has 0 unspecified atom stereocenters. The van der Waals surface area contributed by atoms with Crippen LogP contribution in [0.4, 0.5) is 0 Å². The quantitative estimate of drug-likeness (QED) is 0.182. The van der Waals surface area contributed by atoms with Gasteiger partial charge in [0.1, 0.15) is 0 Å². The molecule has 0 atom stereocenters. The van der Waals surface area contributed by atoms with Crippen LogP contribution in [0.1, 0.15) is 0 Å². The van der Waals surface area contributed by atoms with Crippen LogP contribution in [-0.4, -0.2) is 19.9 Å². The molecule has 0 radical (unpaired) electrons. The number of hydrogen-bond acceptors (Lipinski definition) is 4. The van der Waals surface area contributed by atoms with Gasteiger partial charge in [-0.1, -0.05) is 158 Å². The highest BCUT2D eigenvalue weighted by molar-refractivity contribution is 5.99. The third-order valence-corrected chi connectivity index (χ3v) is 9.18. The van der Waals surface area contributed by atoms with Crippen molar-refractivity contribution >= 4 is 21.7 Å². The topological polar surface area (TPSA) is 51.6 Å². The van der Waals surface area contributed by atoms with E-state index in [-0.39, 0.29) is 0 Å². The summed E-state index contributed by atoms with van der Waals surface area (Å²) < 4.78 is 0. The van der Waals surface area contributed by atoms with Gasteiger partial charge in [-0.25, -0.2) is 15.0 Å². The van der Waals surface area contributed by atoms with Gasteiger partial charge in [0.15, 0.2) is 17.5 Å². The molecule has 50 heavy (non-hydrogen) atoms. The van der Waals surface area contributed by atoms with Gasteiger partial charge in [0.2, 0.25) is 0 Å². The van der Waals surface area contributed by atoms with Crippen molar-refractivity contribution in [3.05, 3.63) is 182 Å². The summed E-state index contributed by atoms with van der Waals surface area (Å²) in [5.41, 5.74) is 10.8. The number of pyridine rings is 1. The van der Waals surface area contributed by atoms with Gasteiger partial charge in [0, 0.05) is 33.8 Å². The van der Waals surface area contributed by atoms with E-state index in [0.29, 0.717) is 17.5 Å². The number of para-hydroxylation sites is 1. The number of rotatable bonds is 6. The normalized spacial score (nSPS) is 11.2. The average Bonchev–Trinajstić information content (AvgIpc) is 3.21. The third kappa shape index (κ3) is 5.69. The van der Waals surface area contributed by atoms with Crippen LogP contribution < -0.4 is 0 Å². The zero-order valence-electron chi connectivity index (χ0n) is 27.1. The first-order chi connectivity index (χ1) is 24.7. The molecular weight excluding hydrogens is 609 g/mol. The zero-order valence-corrected chi connectivity index (χ0v) is 27.1. The molecule has 9 rings (SSSR count). The van der Waals surface area contributed by atoms with Crippen LogP contribution >= 0.6 is 0 Å². The number of nitrogens with zero attached hydrogens (tertiary/aromatic N) is 4. The van der Waals surface area contributed by atoms with E-state index in [1.54, 1.807) is 0 Å². The lowest BCUT2D eigenvalue weighted by atomic mass is 9.94. The molecule has 234 valence electrons. The Hall–Kier alpha value is -6.78. The lowest BCUT2D eigenvalue weighted by molar-refractivity contribution is 1.07. The van der Waals surface area contributed by atoms with E-state index in [4.69, 9.17) is 15.0 Å². The largest absolute Gasteiger partial charge is 0.256 e. The molecule has 4 heteroatoms. The molecule has 0 N–H and O–H groups in total. The molecule has 2 heterocycles. The van der Waals surface area contributed by atoms with E-state index in [0.717, 1.165) is 49.8 Å². The first-order valence-electron chi connectivity index (χ1n) is 16.7. The Labute approximate surface area is 290 Å². The molecule has 7 aromatic carbocycles. The average molecular weight is 639 g/mol. The summed E-state index contributed by atoms with van der Waals surface area (Å²) in [7, 11) is 0. The lowest BCUT2D eigenvalue weighted by Crippen LogP contribution is -2.00. The molecule has 0 aliphatic heterocycles. The summed E-state index contributed by atoms with van der Waals surface area (Å²) >= 11 is 0. The maximum absolute atomic E-state index is 4.89. The molecule has 0 spiro atoms. The van der Waals surface area contributed by atoms with Crippen molar-refractivity contribution in [3.63, 3.8) is 0 Å². The fraction of sp³-hybridized carbons (Fsp3) is 0. The van der Waals surface area contributed by atoms with Crippen molar-refractivity contribution in [2.24, 2.45) is 0 Å². The van der Waals surface area contributed by atoms with Gasteiger partial charge in [-0.2, -0.15) is 0 Å². The molecule has 0 saturated heterocycles. The lowest BCUT2D eigenvalue weighted by Gasteiger charge is -2.11. The van der Waals surface area contributed by atoms with E-state index in [9.17, 15) is 0 Å². The van der Waals surface area contributed by atoms with Crippen molar-refractivity contribution in [2.45, 2.75) is 0 Å². The molecule has 9 aromatic rings. The minimum Gasteiger partial charge on any atom is -0.256 e. The van der Waals surface area contributed by atoms with Crippen LogP contribution in [0.15, 0.2) is 182 Å². The molecule has 0 saturated carbocycles. The standard InChI is InChI=1S/C46H30N4/c1-3-10-34(11-4-1)44-48-45(35-12-5-2-6-13-35)50-46(49-44)36-24-20-31(21-25-36)37-26-27-42-38(28-37)15-9-16-41(42)33-22-18-32(19-23-33)40-29-39-14-7-8-17-43(39)47-30-40/h1-30H. The fourth-order valence-corrected chi connectivity index (χ4v) is 6.54. The minimum absolute atomic E-state index is 0.648. The zero-order chi connectivity index (χ0) is 33.3. The molecular formula is C46H30N4. The molecule has 2 aromatic heterocycles. The molecule has 0 aliphatic rings. The van der Waals surface area contributed by atoms with E-state index in [2.05, 4.69) is 108 Å². The highest BCUT2D eigenvalue weighted by atomic mass is 15.0. The van der Waals surface area contributed by atoms with Crippen molar-refractivity contribution < 1.29 is 0 Å². The number of fused-ring (bicyclic) bond motifs is 2. The van der Waals surface area contributed by atoms with Gasteiger partial charge in [-0.05, 0) is 56.8 Å². The van der Waals surface area contributed by atoms with Crippen LogP contribution in [0.3, 0.4) is 0 Å². The second-order valence-electron chi connectivity index (χ2n) is 12.4. The van der Waals surface area contributed by atoms with Gasteiger partial charge in [-0.15, -0.1) is 0 Å². The summed E-state index contributed by atoms with van der Waals surface area (Å²) in [5.74, 6) is 1.96. The molecule has 0 fully saturated rings. The minimum atomic E-state index is 0.648. The van der Waals surface area contributed by atoms with Crippen LogP contribution in [-0.2, 0) is 0 Å². The van der Waals surface area contributed by atoms with Gasteiger partial charge in [-0.3, -0.25) is 4.98 Å². The number of aromatic nitrogens is 4. The fourth-order valence-electron chi connectivity index (χ4n) is 6.54. The van der Waals surface area contributed by atoms with Crippen LogP contribution in [0.2, 0.25) is 0 Å². The van der Waals surface area contributed by atoms with E-state index in [1.807, 2.05) is 79.0 Å². The predicted molar refractivity (Wildman–Crippen MR) is 205 cm³/mol. The summed E-state index contributed by atoms with van der Waals surface area (Å²) in [6, 6.07) is 61.1. The van der Waals surface area contributed by atoms with Crippen molar-refractivity contribution in [3.8, 4) is 67.5 Å². The second kappa shape index (κ2) is 12.7. The Morgan fingerprint density at radius 1 is 0.300 bits per heavy atom. The molecule has 0 bridgehead atoms. The van der Waals surface area contributed by atoms with Gasteiger partial charge in [0.05, 0.1) is 5.52 Å². The Morgan fingerprint density at radius 3 is 1.44 bits per heavy atom. The van der Waals surface area contributed by atoms with Crippen molar-refractivity contribution in [2.75, 3.05) is 0 Å². The maximum atomic E-state index is 4.89. The van der Waals surface area contributed by atoms with Crippen molar-refractivity contribution in [1.82, 2.24) is 19.9 Å². The number of hydrogen-bond donors (Lipinski definition) is 0. The van der Waals surface area contributed by atoms with E-state index in [1.165, 1.54) is 21.9 Å². The van der Waals surface area contributed by atoms with E-state index >= 15 is 0 Å². The summed E-state index contributed by atoms with van der Waals surface area (Å²) in [6.07, 6.45) is 1.96. The monoisotopic (exact) mass is 638 g/mol. The number of benzene rings is 7. The predicted octanol–water partition coefficient (Wildman–Crippen LogP) is 11.6. The van der Waals surface area contributed by atoms with Crippen LogP contribution in [0.25, 0.3) is 89.2 Å². The first-order valence-corrected chi connectivity index (χ1v) is 16.7. The summed E-state index contributed by atoms with van der Waals surface area (Å²) in [6.45, 7) is 0. The SMILES string of the molecule is c1ccc(-c2nc(-c3ccccc3)nc(-c3ccc(-c4ccc5c(-c6ccc(-c7cnc8ccccc8c7)cc6)cccc5c4)cc3)n2)cc1. The van der Waals surface area contributed by atoms with E-state index < -0.39 is 0 Å². The van der Waals surface area contributed by atoms with Gasteiger partial charge >= 0.3 is 0 Å². The van der Waals surface area contributed by atoms with Gasteiger partial charge in [0.25, 0.3) is 0 Å². The Morgan fingerprint density at radius 2 is 0.780 bits per heavy atom. The van der Waals surface area contributed by atoms with Crippen LogP contribution in [0.5, 0.6) is 0 Å². The molecule has 0 amide bonds. The summed E-state index contributed by atoms with van der Waals surface area (Å²) in [5, 5.41) is 3.57. The third-order valence-electron chi connectivity index (χ3n) is 9.18. The molecule has 4 nitrogen and oxygen atoms in total. The highest BCUT2D eigenvalue weighted by Crippen LogP contribution is 2.34. The van der Waals surface area contributed by atoms with Crippen LogP contribution in [0, 0.1) is 0 Å². The first kappa shape index (κ1) is 29.4. The molecule has 0 aliphatic carbocycles. The highest BCUT2D eigenvalue weighted by Gasteiger charge is 2.13. The summed E-state index contributed by atoms with van der Waals surface area (Å²) in [4.78, 5) is 19.3. The van der Waals surface area contributed by atoms with Gasteiger partial charge < -0.3 is 0 Å². The van der Waals surface area contributed by atoms with Crippen molar-refractivity contribution in [1.29, 1.82) is 0 Å². The maximum Gasteiger partial charge on any atom is 0.164 e. The Kier molecular flexibility index (Phi) is 7.45.